The monoisotopic (exact) mass is 644 g/mol. The van der Waals surface area contributed by atoms with Crippen LogP contribution in [0.4, 0.5) is 34.1 Å². The van der Waals surface area contributed by atoms with Gasteiger partial charge in [-0.2, -0.15) is 0 Å². The normalized spacial score (nSPS) is 12.6. The van der Waals surface area contributed by atoms with Gasteiger partial charge in [0.2, 0.25) is 0 Å². The Bertz CT molecular complexity index is 2300. The molecule has 7 aromatic carbocycles. The van der Waals surface area contributed by atoms with E-state index < -0.39 is 0 Å². The molecule has 3 heterocycles. The van der Waals surface area contributed by atoms with Crippen LogP contribution < -0.4 is 19.3 Å². The summed E-state index contributed by atoms with van der Waals surface area (Å²) >= 11 is 0. The summed E-state index contributed by atoms with van der Waals surface area (Å²) in [6.45, 7) is 0. The minimum Gasteiger partial charge on any atom is -0.453 e. The highest BCUT2D eigenvalue weighted by atomic mass is 16.5. The number of benzene rings is 7. The molecule has 0 radical (unpaired) electrons. The minimum absolute atomic E-state index is 0.825. The Morgan fingerprint density at radius 1 is 0.320 bits per heavy atom. The van der Waals surface area contributed by atoms with Crippen molar-refractivity contribution >= 4 is 45.2 Å². The van der Waals surface area contributed by atoms with Crippen LogP contribution in [0.2, 0.25) is 0 Å². The molecule has 50 heavy (non-hydrogen) atoms. The van der Waals surface area contributed by atoms with Crippen molar-refractivity contribution in [2.75, 3.05) is 9.80 Å². The molecule has 6 nitrogen and oxygen atoms in total. The molecule has 0 bridgehead atoms. The number of rotatable bonds is 4. The molecular weight excluding hydrogens is 617 g/mol. The van der Waals surface area contributed by atoms with Crippen molar-refractivity contribution in [1.29, 1.82) is 0 Å². The molecule has 1 aromatic heterocycles. The number of hydrogen-bond acceptors (Lipinski definition) is 6. The smallest absolute Gasteiger partial charge is 0.151 e. The lowest BCUT2D eigenvalue weighted by atomic mass is 10.0. The highest BCUT2D eigenvalue weighted by Crippen LogP contribution is 2.52. The Balaban J connectivity index is 1.06. The van der Waals surface area contributed by atoms with Crippen molar-refractivity contribution in [2.45, 2.75) is 0 Å². The summed E-state index contributed by atoms with van der Waals surface area (Å²) < 4.78 is 12.5. The van der Waals surface area contributed by atoms with Gasteiger partial charge in [-0.3, -0.25) is 0 Å². The second-order valence-corrected chi connectivity index (χ2v) is 12.2. The Morgan fingerprint density at radius 2 is 0.620 bits per heavy atom. The Hall–Kier alpha value is -6.92. The van der Waals surface area contributed by atoms with Crippen LogP contribution in [0, 0.1) is 0 Å². The molecule has 0 aliphatic carbocycles. The maximum absolute atomic E-state index is 6.24. The molecule has 236 valence electrons. The van der Waals surface area contributed by atoms with Crippen LogP contribution in [0.15, 0.2) is 170 Å². The first-order chi connectivity index (χ1) is 24.8. The summed E-state index contributed by atoms with van der Waals surface area (Å²) in [7, 11) is 0. The first kappa shape index (κ1) is 28.1. The van der Waals surface area contributed by atoms with Gasteiger partial charge in [-0.1, -0.05) is 84.9 Å². The van der Waals surface area contributed by atoms with E-state index in [-0.39, 0.29) is 0 Å². The van der Waals surface area contributed by atoms with Crippen molar-refractivity contribution in [2.24, 2.45) is 0 Å². The SMILES string of the molecule is c1ccc2c(c1)Oc1ccccc1N2c1ccc(-c2nc3ccccc3nc2-c2ccc(N3c4ccccc4Oc4ccccc43)cc2)cc1. The zero-order chi connectivity index (χ0) is 33.0. The van der Waals surface area contributed by atoms with Crippen LogP contribution in [0.3, 0.4) is 0 Å². The largest absolute Gasteiger partial charge is 0.453 e. The molecule has 2 aliphatic rings. The highest BCUT2D eigenvalue weighted by Gasteiger charge is 2.27. The highest BCUT2D eigenvalue weighted by molar-refractivity contribution is 5.91. The molecule has 0 amide bonds. The van der Waals surface area contributed by atoms with Gasteiger partial charge in [0.05, 0.1) is 45.2 Å². The summed E-state index contributed by atoms with van der Waals surface area (Å²) in [5.74, 6) is 3.30. The topological polar surface area (TPSA) is 50.7 Å². The molecule has 6 heteroatoms. The van der Waals surface area contributed by atoms with E-state index in [0.717, 1.165) is 90.7 Å². The molecule has 8 aromatic rings. The fourth-order valence-corrected chi connectivity index (χ4v) is 6.90. The lowest BCUT2D eigenvalue weighted by molar-refractivity contribution is 0.477. The predicted octanol–water partition coefficient (Wildman–Crippen LogP) is 12.1. The van der Waals surface area contributed by atoms with Crippen LogP contribution in [0.5, 0.6) is 23.0 Å². The van der Waals surface area contributed by atoms with E-state index in [1.165, 1.54) is 0 Å². The van der Waals surface area contributed by atoms with Crippen LogP contribution in [0.1, 0.15) is 0 Å². The van der Waals surface area contributed by atoms with Gasteiger partial charge in [0.15, 0.2) is 23.0 Å². The Morgan fingerprint density at radius 3 is 0.960 bits per heavy atom. The van der Waals surface area contributed by atoms with Crippen molar-refractivity contribution in [3.05, 3.63) is 170 Å². The second kappa shape index (κ2) is 11.4. The van der Waals surface area contributed by atoms with E-state index in [4.69, 9.17) is 19.4 Å². The fourth-order valence-electron chi connectivity index (χ4n) is 6.90. The maximum Gasteiger partial charge on any atom is 0.151 e. The number of nitrogens with zero attached hydrogens (tertiary/aromatic N) is 4. The van der Waals surface area contributed by atoms with E-state index in [1.807, 2.05) is 97.1 Å². The standard InChI is InChI=1S/C44H28N4O2/c1-2-12-34-33(11-1)45-43(29-21-25-31(26-22-29)47-35-13-3-7-17-39(35)49-40-18-8-4-14-36(40)47)44(46-34)30-23-27-32(28-24-30)48-37-15-5-9-19-41(37)50-42-20-10-6-16-38(42)48/h1-28H. The molecule has 0 atom stereocenters. The van der Waals surface area contributed by atoms with E-state index >= 15 is 0 Å². The Labute approximate surface area is 289 Å². The zero-order valence-electron chi connectivity index (χ0n) is 26.8. The number of anilines is 6. The number of hydrogen-bond donors (Lipinski definition) is 0. The fraction of sp³-hybridized carbons (Fsp3) is 0. The third-order valence-electron chi connectivity index (χ3n) is 9.23. The first-order valence-corrected chi connectivity index (χ1v) is 16.6. The molecule has 0 saturated carbocycles. The third kappa shape index (κ3) is 4.58. The number of para-hydroxylation sites is 10. The molecular formula is C44H28N4O2. The van der Waals surface area contributed by atoms with Gasteiger partial charge in [-0.05, 0) is 84.9 Å². The quantitative estimate of drug-likeness (QED) is 0.190. The van der Waals surface area contributed by atoms with Gasteiger partial charge in [-0.25, -0.2) is 9.97 Å². The molecule has 0 saturated heterocycles. The van der Waals surface area contributed by atoms with E-state index in [2.05, 4.69) is 82.6 Å². The van der Waals surface area contributed by atoms with Crippen molar-refractivity contribution < 1.29 is 9.47 Å². The van der Waals surface area contributed by atoms with Gasteiger partial charge >= 0.3 is 0 Å². The van der Waals surface area contributed by atoms with Crippen LogP contribution in [-0.2, 0) is 0 Å². The minimum atomic E-state index is 0.825. The number of ether oxygens (including phenoxy) is 2. The second-order valence-electron chi connectivity index (χ2n) is 12.2. The summed E-state index contributed by atoms with van der Waals surface area (Å²) in [6.07, 6.45) is 0. The van der Waals surface area contributed by atoms with Crippen LogP contribution >= 0.6 is 0 Å². The summed E-state index contributed by atoms with van der Waals surface area (Å²) in [4.78, 5) is 14.9. The van der Waals surface area contributed by atoms with Crippen LogP contribution in [0.25, 0.3) is 33.5 Å². The molecule has 2 aliphatic heterocycles. The summed E-state index contributed by atoms with van der Waals surface area (Å²) in [5.41, 5.74) is 11.4. The van der Waals surface area contributed by atoms with Crippen molar-refractivity contribution in [1.82, 2.24) is 9.97 Å². The predicted molar refractivity (Wildman–Crippen MR) is 200 cm³/mol. The van der Waals surface area contributed by atoms with Crippen molar-refractivity contribution in [3.63, 3.8) is 0 Å². The molecule has 0 spiro atoms. The van der Waals surface area contributed by atoms with Crippen molar-refractivity contribution in [3.8, 4) is 45.5 Å². The maximum atomic E-state index is 6.24. The Kier molecular flexibility index (Phi) is 6.39. The molecule has 0 N–H and O–H groups in total. The lowest BCUT2D eigenvalue weighted by Gasteiger charge is -2.32. The summed E-state index contributed by atoms with van der Waals surface area (Å²) in [6, 6.07) is 57.7. The van der Waals surface area contributed by atoms with Gasteiger partial charge in [0, 0.05) is 22.5 Å². The van der Waals surface area contributed by atoms with Gasteiger partial charge in [0.25, 0.3) is 0 Å². The van der Waals surface area contributed by atoms with Gasteiger partial charge < -0.3 is 19.3 Å². The average Bonchev–Trinajstić information content (AvgIpc) is 3.18. The number of aromatic nitrogens is 2. The molecule has 10 rings (SSSR count). The van der Waals surface area contributed by atoms with Gasteiger partial charge in [-0.15, -0.1) is 0 Å². The van der Waals surface area contributed by atoms with E-state index in [9.17, 15) is 0 Å². The average molecular weight is 645 g/mol. The van der Waals surface area contributed by atoms with E-state index in [0.29, 0.717) is 0 Å². The molecule has 0 fully saturated rings. The van der Waals surface area contributed by atoms with Gasteiger partial charge in [0.1, 0.15) is 0 Å². The summed E-state index contributed by atoms with van der Waals surface area (Å²) in [5, 5.41) is 0. The first-order valence-electron chi connectivity index (χ1n) is 16.6. The zero-order valence-corrected chi connectivity index (χ0v) is 26.8. The van der Waals surface area contributed by atoms with Crippen LogP contribution in [-0.4, -0.2) is 9.97 Å². The van der Waals surface area contributed by atoms with E-state index in [1.54, 1.807) is 0 Å². The lowest BCUT2D eigenvalue weighted by Crippen LogP contribution is -2.15. The third-order valence-corrected chi connectivity index (χ3v) is 9.23. The molecule has 0 unspecified atom stereocenters. The number of fused-ring (bicyclic) bond motifs is 5.